The second-order valence-corrected chi connectivity index (χ2v) is 5.39. The highest BCUT2D eigenvalue weighted by atomic mass is 16.5. The number of benzene rings is 1. The molecule has 3 aromatic rings. The topological polar surface area (TPSA) is 52.5 Å². The van der Waals surface area contributed by atoms with Crippen LogP contribution >= 0.6 is 0 Å². The molecular weight excluding hydrogens is 274 g/mol. The van der Waals surface area contributed by atoms with E-state index >= 15 is 0 Å². The highest BCUT2D eigenvalue weighted by Gasteiger charge is 2.10. The number of nitrogens with zero attached hydrogens (tertiary/aromatic N) is 2. The second kappa shape index (κ2) is 6.20. The average molecular weight is 295 g/mol. The molecule has 114 valence electrons. The lowest BCUT2D eigenvalue weighted by atomic mass is 10.1. The summed E-state index contributed by atoms with van der Waals surface area (Å²) in [4.78, 5) is 4.75. The minimum Gasteiger partial charge on any atom is -0.494 e. The number of fused-ring (bicyclic) bond motifs is 1. The molecule has 0 atom stereocenters. The molecule has 0 saturated carbocycles. The number of pyridine rings is 1. The molecule has 0 spiro atoms. The van der Waals surface area contributed by atoms with Crippen molar-refractivity contribution in [2.45, 2.75) is 26.8 Å². The Kier molecular flexibility index (Phi) is 4.11. The predicted molar refractivity (Wildman–Crippen MR) is 89.0 cm³/mol. The molecule has 0 saturated heterocycles. The zero-order chi connectivity index (χ0) is 15.5. The molecule has 0 unspecified atom stereocenters. The molecule has 0 aliphatic rings. The van der Waals surface area contributed by atoms with E-state index in [4.69, 9.17) is 15.5 Å². The summed E-state index contributed by atoms with van der Waals surface area (Å²) in [5.74, 6) is 0.900. The zero-order valence-corrected chi connectivity index (χ0v) is 13.0. The van der Waals surface area contributed by atoms with Crippen molar-refractivity contribution in [3.05, 3.63) is 53.9 Å². The van der Waals surface area contributed by atoms with Gasteiger partial charge in [0.2, 0.25) is 0 Å². The van der Waals surface area contributed by atoms with E-state index in [1.807, 2.05) is 30.5 Å². The summed E-state index contributed by atoms with van der Waals surface area (Å²) in [6, 6.07) is 12.2. The molecule has 22 heavy (non-hydrogen) atoms. The molecule has 1 aromatic carbocycles. The summed E-state index contributed by atoms with van der Waals surface area (Å²) in [6.07, 6.45) is 3.04. The first-order chi connectivity index (χ1) is 10.7. The van der Waals surface area contributed by atoms with Gasteiger partial charge in [-0.3, -0.25) is 0 Å². The molecular formula is C18H21N3O. The predicted octanol–water partition coefficient (Wildman–Crippen LogP) is 3.56. The molecule has 2 N–H and O–H groups in total. The Morgan fingerprint density at radius 3 is 2.64 bits per heavy atom. The largest absolute Gasteiger partial charge is 0.494 e. The van der Waals surface area contributed by atoms with Crippen LogP contribution in [0.15, 0.2) is 42.6 Å². The van der Waals surface area contributed by atoms with E-state index in [1.165, 1.54) is 0 Å². The van der Waals surface area contributed by atoms with Crippen molar-refractivity contribution in [2.24, 2.45) is 5.73 Å². The van der Waals surface area contributed by atoms with Gasteiger partial charge >= 0.3 is 0 Å². The number of hydrogen-bond donors (Lipinski definition) is 1. The van der Waals surface area contributed by atoms with Crippen LogP contribution in [0.1, 0.15) is 24.6 Å². The van der Waals surface area contributed by atoms with Gasteiger partial charge in [0, 0.05) is 24.0 Å². The highest BCUT2D eigenvalue weighted by molar-refractivity contribution is 5.67. The molecule has 2 heterocycles. The van der Waals surface area contributed by atoms with Gasteiger partial charge in [-0.1, -0.05) is 6.92 Å². The molecule has 0 radical (unpaired) electrons. The number of nitrogens with two attached hydrogens (primary N) is 1. The molecule has 0 aliphatic carbocycles. The number of aromatic nitrogens is 2. The van der Waals surface area contributed by atoms with Crippen molar-refractivity contribution in [3.63, 3.8) is 0 Å². The maximum Gasteiger partial charge on any atom is 0.137 e. The third-order valence-electron chi connectivity index (χ3n) is 3.77. The van der Waals surface area contributed by atoms with Crippen LogP contribution in [-0.2, 0) is 6.54 Å². The second-order valence-electron chi connectivity index (χ2n) is 5.39. The van der Waals surface area contributed by atoms with E-state index < -0.39 is 0 Å². The van der Waals surface area contributed by atoms with Crippen molar-refractivity contribution in [1.82, 2.24) is 9.38 Å². The summed E-state index contributed by atoms with van der Waals surface area (Å²) in [7, 11) is 0. The van der Waals surface area contributed by atoms with Gasteiger partial charge in [0.25, 0.3) is 0 Å². The third kappa shape index (κ3) is 2.70. The maximum atomic E-state index is 5.70. The minimum absolute atomic E-state index is 0.529. The van der Waals surface area contributed by atoms with Crippen LogP contribution in [0.5, 0.6) is 5.75 Å². The van der Waals surface area contributed by atoms with E-state index in [9.17, 15) is 0 Å². The average Bonchev–Trinajstić information content (AvgIpc) is 2.89. The Morgan fingerprint density at radius 1 is 1.18 bits per heavy atom. The fourth-order valence-corrected chi connectivity index (χ4v) is 2.54. The highest BCUT2D eigenvalue weighted by Crippen LogP contribution is 2.26. The monoisotopic (exact) mass is 295 g/mol. The van der Waals surface area contributed by atoms with E-state index in [1.54, 1.807) is 0 Å². The Labute approximate surface area is 130 Å². The van der Waals surface area contributed by atoms with E-state index in [2.05, 4.69) is 30.4 Å². The Hall–Kier alpha value is -2.33. The van der Waals surface area contributed by atoms with Gasteiger partial charge in [-0.2, -0.15) is 0 Å². The van der Waals surface area contributed by atoms with Crippen molar-refractivity contribution in [2.75, 3.05) is 6.61 Å². The lowest BCUT2D eigenvalue weighted by molar-refractivity contribution is 0.317. The lowest BCUT2D eigenvalue weighted by Crippen LogP contribution is -1.97. The van der Waals surface area contributed by atoms with Crippen LogP contribution in [0.4, 0.5) is 0 Å². The first-order valence-electron chi connectivity index (χ1n) is 7.64. The van der Waals surface area contributed by atoms with Crippen molar-refractivity contribution in [3.8, 4) is 17.0 Å². The Balaban J connectivity index is 1.97. The van der Waals surface area contributed by atoms with Crippen LogP contribution in [0.3, 0.4) is 0 Å². The van der Waals surface area contributed by atoms with E-state index in [0.717, 1.165) is 46.9 Å². The normalized spacial score (nSPS) is 11.0. The lowest BCUT2D eigenvalue weighted by Gasteiger charge is -2.05. The first kappa shape index (κ1) is 14.6. The molecule has 0 aliphatic heterocycles. The van der Waals surface area contributed by atoms with Crippen LogP contribution in [0.2, 0.25) is 0 Å². The SMILES string of the molecule is CCCOc1ccc(-c2nc3cc(CN)ccn3c2C)cc1. The Morgan fingerprint density at radius 2 is 1.95 bits per heavy atom. The van der Waals surface area contributed by atoms with Gasteiger partial charge in [0.15, 0.2) is 0 Å². The third-order valence-corrected chi connectivity index (χ3v) is 3.77. The molecule has 4 nitrogen and oxygen atoms in total. The van der Waals surface area contributed by atoms with Gasteiger partial charge in [-0.15, -0.1) is 0 Å². The zero-order valence-electron chi connectivity index (χ0n) is 13.0. The Bertz CT molecular complexity index is 775. The minimum atomic E-state index is 0.529. The molecule has 0 bridgehead atoms. The summed E-state index contributed by atoms with van der Waals surface area (Å²) in [5, 5.41) is 0. The van der Waals surface area contributed by atoms with Crippen molar-refractivity contribution in [1.29, 1.82) is 0 Å². The quantitative estimate of drug-likeness (QED) is 0.783. The number of imidazole rings is 1. The van der Waals surface area contributed by atoms with Gasteiger partial charge in [0.1, 0.15) is 11.4 Å². The molecule has 0 amide bonds. The molecule has 0 fully saturated rings. The molecule has 4 heteroatoms. The molecule has 3 rings (SSSR count). The standard InChI is InChI=1S/C18H21N3O/c1-3-10-22-16-6-4-15(5-7-16)18-13(2)21-9-8-14(12-19)11-17(21)20-18/h4-9,11H,3,10,12,19H2,1-2H3. The molecule has 2 aromatic heterocycles. The van der Waals surface area contributed by atoms with Crippen LogP contribution in [0.25, 0.3) is 16.9 Å². The van der Waals surface area contributed by atoms with Crippen molar-refractivity contribution < 1.29 is 4.74 Å². The summed E-state index contributed by atoms with van der Waals surface area (Å²) in [5.41, 5.74) is 10.9. The fraction of sp³-hybridized carbons (Fsp3) is 0.278. The fourth-order valence-electron chi connectivity index (χ4n) is 2.54. The smallest absolute Gasteiger partial charge is 0.137 e. The maximum absolute atomic E-state index is 5.70. The van der Waals surface area contributed by atoms with Gasteiger partial charge < -0.3 is 14.9 Å². The van der Waals surface area contributed by atoms with Gasteiger partial charge in [-0.25, -0.2) is 4.98 Å². The number of ether oxygens (including phenoxy) is 1. The summed E-state index contributed by atoms with van der Waals surface area (Å²) >= 11 is 0. The first-order valence-corrected chi connectivity index (χ1v) is 7.64. The van der Waals surface area contributed by atoms with Crippen LogP contribution in [-0.4, -0.2) is 16.0 Å². The van der Waals surface area contributed by atoms with Crippen LogP contribution < -0.4 is 10.5 Å². The van der Waals surface area contributed by atoms with Crippen molar-refractivity contribution >= 4 is 5.65 Å². The van der Waals surface area contributed by atoms with Gasteiger partial charge in [0.05, 0.1) is 12.3 Å². The van der Waals surface area contributed by atoms with Crippen LogP contribution in [0, 0.1) is 6.92 Å². The van der Waals surface area contributed by atoms with E-state index in [-0.39, 0.29) is 0 Å². The summed E-state index contributed by atoms with van der Waals surface area (Å²) in [6.45, 7) is 5.46. The number of hydrogen-bond acceptors (Lipinski definition) is 3. The number of aryl methyl sites for hydroxylation is 1. The van der Waals surface area contributed by atoms with E-state index in [0.29, 0.717) is 6.54 Å². The number of rotatable bonds is 5. The summed E-state index contributed by atoms with van der Waals surface area (Å²) < 4.78 is 7.72. The van der Waals surface area contributed by atoms with Gasteiger partial charge in [-0.05, 0) is 55.3 Å².